The van der Waals surface area contributed by atoms with Gasteiger partial charge in [-0.15, -0.1) is 0 Å². The number of hydrogen-bond donors (Lipinski definition) is 1. The maximum absolute atomic E-state index is 12.3. The molecule has 6 heteroatoms. The molecular weight excluding hydrogens is 354 g/mol. The van der Waals surface area contributed by atoms with E-state index < -0.39 is 0 Å². The number of nitrogens with zero attached hydrogens (tertiary/aromatic N) is 2. The summed E-state index contributed by atoms with van der Waals surface area (Å²) in [6.45, 7) is 1.95. The van der Waals surface area contributed by atoms with Crippen molar-refractivity contribution in [2.75, 3.05) is 26.2 Å². The zero-order chi connectivity index (χ0) is 19.8. The lowest BCUT2D eigenvalue weighted by Crippen LogP contribution is -2.43. The van der Waals surface area contributed by atoms with Crippen LogP contribution in [0.25, 0.3) is 0 Å². The third-order valence-electron chi connectivity index (χ3n) is 4.88. The zero-order valence-electron chi connectivity index (χ0n) is 15.6. The first kappa shape index (κ1) is 19.4. The molecule has 0 radical (unpaired) electrons. The number of hydrogen-bond acceptors (Lipinski definition) is 4. The number of carbonyl (C=O) groups is 2. The van der Waals surface area contributed by atoms with Crippen molar-refractivity contribution in [3.63, 3.8) is 0 Å². The zero-order valence-corrected chi connectivity index (χ0v) is 15.6. The quantitative estimate of drug-likeness (QED) is 0.839. The van der Waals surface area contributed by atoms with Gasteiger partial charge in [0.2, 0.25) is 0 Å². The summed E-state index contributed by atoms with van der Waals surface area (Å²) in [6, 6.07) is 18.0. The van der Waals surface area contributed by atoms with E-state index in [9.17, 15) is 9.59 Å². The number of nitrogens with one attached hydrogen (secondary N) is 1. The average Bonchev–Trinajstić information content (AvgIpc) is 2.77. The van der Waals surface area contributed by atoms with E-state index in [1.54, 1.807) is 24.3 Å². The van der Waals surface area contributed by atoms with E-state index in [2.05, 4.69) is 5.32 Å². The van der Waals surface area contributed by atoms with Gasteiger partial charge in [-0.2, -0.15) is 5.26 Å². The first-order chi connectivity index (χ1) is 13.7. The van der Waals surface area contributed by atoms with Gasteiger partial charge in [0.15, 0.2) is 6.61 Å². The Bertz CT molecular complexity index is 853. The maximum Gasteiger partial charge on any atom is 0.260 e. The monoisotopic (exact) mass is 377 g/mol. The second kappa shape index (κ2) is 9.56. The molecule has 0 aromatic heterocycles. The molecule has 1 N–H and O–H groups in total. The molecule has 1 aliphatic heterocycles. The standard InChI is InChI=1S/C22H23N3O3/c23-14-18-5-4-6-19(13-18)22(27)24-15-17-9-11-25(12-10-17)21(26)16-28-20-7-2-1-3-8-20/h1-8,13,17H,9-12,15-16H2,(H,24,27). The summed E-state index contributed by atoms with van der Waals surface area (Å²) in [6.07, 6.45) is 1.69. The van der Waals surface area contributed by atoms with Crippen LogP contribution in [0.1, 0.15) is 28.8 Å². The van der Waals surface area contributed by atoms with Crippen molar-refractivity contribution in [2.45, 2.75) is 12.8 Å². The minimum Gasteiger partial charge on any atom is -0.484 e. The second-order valence-corrected chi connectivity index (χ2v) is 6.83. The third kappa shape index (κ3) is 5.34. The highest BCUT2D eigenvalue weighted by molar-refractivity contribution is 5.94. The van der Waals surface area contributed by atoms with Crippen molar-refractivity contribution in [1.82, 2.24) is 10.2 Å². The Balaban J connectivity index is 1.39. The number of likely N-dealkylation sites (tertiary alicyclic amines) is 1. The molecule has 2 aromatic carbocycles. The van der Waals surface area contributed by atoms with E-state index in [-0.39, 0.29) is 18.4 Å². The van der Waals surface area contributed by atoms with Crippen molar-refractivity contribution < 1.29 is 14.3 Å². The Morgan fingerprint density at radius 2 is 1.86 bits per heavy atom. The van der Waals surface area contributed by atoms with Crippen LogP contribution in [0.4, 0.5) is 0 Å². The van der Waals surface area contributed by atoms with Crippen molar-refractivity contribution in [1.29, 1.82) is 5.26 Å². The van der Waals surface area contributed by atoms with Gasteiger partial charge in [0.05, 0.1) is 11.6 Å². The van der Waals surface area contributed by atoms with Crippen LogP contribution in [0.2, 0.25) is 0 Å². The molecule has 0 aliphatic carbocycles. The van der Waals surface area contributed by atoms with Gasteiger partial charge in [-0.3, -0.25) is 9.59 Å². The predicted molar refractivity (Wildman–Crippen MR) is 105 cm³/mol. The van der Waals surface area contributed by atoms with Crippen molar-refractivity contribution >= 4 is 11.8 Å². The van der Waals surface area contributed by atoms with E-state index in [1.807, 2.05) is 41.3 Å². The van der Waals surface area contributed by atoms with E-state index in [1.165, 1.54) is 0 Å². The van der Waals surface area contributed by atoms with Crippen LogP contribution >= 0.6 is 0 Å². The Morgan fingerprint density at radius 1 is 1.11 bits per heavy atom. The molecule has 0 bridgehead atoms. The minimum atomic E-state index is -0.174. The molecule has 144 valence electrons. The van der Waals surface area contributed by atoms with Gasteiger partial charge >= 0.3 is 0 Å². The number of ether oxygens (including phenoxy) is 1. The van der Waals surface area contributed by atoms with Crippen LogP contribution in [0.15, 0.2) is 54.6 Å². The molecule has 3 rings (SSSR count). The Hall–Kier alpha value is -3.33. The molecule has 1 fully saturated rings. The number of amides is 2. The SMILES string of the molecule is N#Cc1cccc(C(=O)NCC2CCN(C(=O)COc3ccccc3)CC2)c1. The molecule has 1 heterocycles. The summed E-state index contributed by atoms with van der Waals surface area (Å²) in [5, 5.41) is 11.9. The number of para-hydroxylation sites is 1. The van der Waals surface area contributed by atoms with Crippen LogP contribution in [-0.2, 0) is 4.79 Å². The molecule has 0 spiro atoms. The van der Waals surface area contributed by atoms with Crippen LogP contribution in [0.3, 0.4) is 0 Å². The average molecular weight is 377 g/mol. The van der Waals surface area contributed by atoms with E-state index in [0.29, 0.717) is 42.4 Å². The van der Waals surface area contributed by atoms with Crippen LogP contribution in [0, 0.1) is 17.2 Å². The molecule has 2 aromatic rings. The topological polar surface area (TPSA) is 82.4 Å². The fourth-order valence-electron chi connectivity index (χ4n) is 3.21. The van der Waals surface area contributed by atoms with Gasteiger partial charge in [0.25, 0.3) is 11.8 Å². The lowest BCUT2D eigenvalue weighted by molar-refractivity contribution is -0.134. The maximum atomic E-state index is 12.3. The number of nitriles is 1. The number of carbonyl (C=O) groups excluding carboxylic acids is 2. The van der Waals surface area contributed by atoms with E-state index in [4.69, 9.17) is 10.00 Å². The Kier molecular flexibility index (Phi) is 6.64. The lowest BCUT2D eigenvalue weighted by Gasteiger charge is -2.32. The van der Waals surface area contributed by atoms with E-state index in [0.717, 1.165) is 12.8 Å². The van der Waals surface area contributed by atoms with Crippen molar-refractivity contribution in [3.8, 4) is 11.8 Å². The minimum absolute atomic E-state index is 0.0142. The molecular formula is C22H23N3O3. The van der Waals surface area contributed by atoms with E-state index >= 15 is 0 Å². The highest BCUT2D eigenvalue weighted by Crippen LogP contribution is 2.17. The summed E-state index contributed by atoms with van der Waals surface area (Å²) >= 11 is 0. The van der Waals surface area contributed by atoms with Crippen molar-refractivity contribution in [2.24, 2.45) is 5.92 Å². The normalized spacial score (nSPS) is 14.2. The Morgan fingerprint density at radius 3 is 2.57 bits per heavy atom. The lowest BCUT2D eigenvalue weighted by atomic mass is 9.96. The van der Waals surface area contributed by atoms with Crippen molar-refractivity contribution in [3.05, 3.63) is 65.7 Å². The summed E-state index contributed by atoms with van der Waals surface area (Å²) < 4.78 is 5.52. The fourth-order valence-corrected chi connectivity index (χ4v) is 3.21. The van der Waals surface area contributed by atoms with Gasteiger partial charge in [-0.05, 0) is 49.1 Å². The van der Waals surface area contributed by atoms with Crippen LogP contribution in [0.5, 0.6) is 5.75 Å². The summed E-state index contributed by atoms with van der Waals surface area (Å²) in [5.74, 6) is 0.836. The third-order valence-corrected chi connectivity index (χ3v) is 4.88. The Labute approximate surface area is 164 Å². The first-order valence-electron chi connectivity index (χ1n) is 9.39. The first-order valence-corrected chi connectivity index (χ1v) is 9.39. The predicted octanol–water partition coefficient (Wildman–Crippen LogP) is 2.61. The van der Waals surface area contributed by atoms with Gasteiger partial charge in [0, 0.05) is 25.2 Å². The molecule has 0 atom stereocenters. The molecule has 0 saturated carbocycles. The number of benzene rings is 2. The second-order valence-electron chi connectivity index (χ2n) is 6.83. The van der Waals surface area contributed by atoms with Gasteiger partial charge in [-0.1, -0.05) is 24.3 Å². The highest BCUT2D eigenvalue weighted by Gasteiger charge is 2.23. The number of piperidine rings is 1. The summed E-state index contributed by atoms with van der Waals surface area (Å²) in [5.41, 5.74) is 0.960. The molecule has 28 heavy (non-hydrogen) atoms. The largest absolute Gasteiger partial charge is 0.484 e. The fraction of sp³-hybridized carbons (Fsp3) is 0.318. The summed E-state index contributed by atoms with van der Waals surface area (Å²) in [7, 11) is 0. The molecule has 6 nitrogen and oxygen atoms in total. The number of rotatable bonds is 6. The molecule has 1 aliphatic rings. The highest BCUT2D eigenvalue weighted by atomic mass is 16.5. The summed E-state index contributed by atoms with van der Waals surface area (Å²) in [4.78, 5) is 26.4. The van der Waals surface area contributed by atoms with Gasteiger partial charge in [-0.25, -0.2) is 0 Å². The smallest absolute Gasteiger partial charge is 0.260 e. The molecule has 2 amide bonds. The van der Waals surface area contributed by atoms with Gasteiger partial charge < -0.3 is 15.0 Å². The van der Waals surface area contributed by atoms with Crippen LogP contribution < -0.4 is 10.1 Å². The van der Waals surface area contributed by atoms with Gasteiger partial charge in [0.1, 0.15) is 5.75 Å². The van der Waals surface area contributed by atoms with Crippen LogP contribution in [-0.4, -0.2) is 43.0 Å². The molecule has 1 saturated heterocycles. The molecule has 0 unspecified atom stereocenters.